The molecular formula is C7H14NiO2. The summed E-state index contributed by atoms with van der Waals surface area (Å²) in [4.78, 5) is 9.37. The summed E-state index contributed by atoms with van der Waals surface area (Å²) in [7, 11) is 0. The number of hydrogen-bond donors (Lipinski definition) is 1. The van der Waals surface area contributed by atoms with Crippen LogP contribution in [0, 0.1) is 0 Å². The Morgan fingerprint density at radius 2 is 2.20 bits per heavy atom. The summed E-state index contributed by atoms with van der Waals surface area (Å²) in [5.41, 5.74) is 0. The smallest absolute Gasteiger partial charge is 0.303 e. The molecule has 0 aromatic heterocycles. The molecule has 3 heteroatoms. The van der Waals surface area contributed by atoms with Crippen molar-refractivity contribution in [2.45, 2.75) is 24.6 Å². The van der Waals surface area contributed by atoms with Crippen molar-refractivity contribution in [3.63, 3.8) is 0 Å². The molecule has 0 bridgehead atoms. The molecule has 2 nitrogen and oxygen atoms in total. The number of carboxylic acids is 1. The van der Waals surface area contributed by atoms with E-state index in [1.54, 1.807) is 21.4 Å². The molecule has 0 atom stereocenters. The van der Waals surface area contributed by atoms with Gasteiger partial charge in [0, 0.05) is 6.42 Å². The second-order valence-corrected chi connectivity index (χ2v) is 2.49. The molecule has 64 valence electrons. The summed E-state index contributed by atoms with van der Waals surface area (Å²) in [5, 5.41) is 8.81. The van der Waals surface area contributed by atoms with Crippen LogP contribution in [-0.2, 0) is 19.2 Å². The van der Waals surface area contributed by atoms with Gasteiger partial charge >= 0.3 is 44.3 Å². The van der Waals surface area contributed by atoms with E-state index >= 15 is 0 Å². The first-order valence-electron chi connectivity index (χ1n) is 2.84. The average Bonchev–Trinajstić information content (AvgIpc) is 1.91. The summed E-state index contributed by atoms with van der Waals surface area (Å²) in [6.45, 7) is 5.13. The first kappa shape index (κ1) is 12.4. The largest absolute Gasteiger partial charge is 0.481 e. The van der Waals surface area contributed by atoms with E-state index in [9.17, 15) is 4.79 Å². The maximum absolute atomic E-state index is 9.37. The van der Waals surface area contributed by atoms with Crippen molar-refractivity contribution >= 4 is 5.97 Å². The van der Waals surface area contributed by atoms with Crippen LogP contribution in [0.1, 0.15) is 13.3 Å². The third kappa shape index (κ3) is 25.2. The van der Waals surface area contributed by atoms with Crippen LogP contribution in [0.2, 0.25) is 11.3 Å². The zero-order chi connectivity index (χ0) is 8.41. The number of allylic oxidation sites excluding steroid dienone is 1. The molecule has 0 rings (SSSR count). The van der Waals surface area contributed by atoms with Crippen molar-refractivity contribution in [2.24, 2.45) is 0 Å². The molecule has 0 amide bonds. The summed E-state index contributed by atoms with van der Waals surface area (Å²) in [6, 6.07) is 0. The van der Waals surface area contributed by atoms with E-state index < -0.39 is 5.97 Å². The molecule has 0 unspecified atom stereocenters. The monoisotopic (exact) mass is 188 g/mol. The van der Waals surface area contributed by atoms with Crippen LogP contribution in [0.25, 0.3) is 0 Å². The van der Waals surface area contributed by atoms with Gasteiger partial charge in [0.15, 0.2) is 0 Å². The molecule has 0 aliphatic carbocycles. The minimum Gasteiger partial charge on any atom is -0.481 e. The number of hydrogen-bond acceptors (Lipinski definition) is 1. The zero-order valence-corrected chi connectivity index (χ0v) is 7.36. The fourth-order valence-corrected chi connectivity index (χ4v) is 0.376. The molecule has 0 aliphatic rings. The molecule has 0 aromatic rings. The molecule has 10 heavy (non-hydrogen) atoms. The number of carbonyl (C=O) groups is 1. The SMILES string of the molecule is C=C[CH2][Ni][CH3].CCC(=O)O. The van der Waals surface area contributed by atoms with Crippen LogP contribution in [0.5, 0.6) is 0 Å². The predicted molar refractivity (Wildman–Crippen MR) is 38.8 cm³/mol. The van der Waals surface area contributed by atoms with Gasteiger partial charge < -0.3 is 5.11 Å². The summed E-state index contributed by atoms with van der Waals surface area (Å²) in [5.74, 6) is 1.33. The summed E-state index contributed by atoms with van der Waals surface area (Å²) >= 11 is 1.64. The van der Waals surface area contributed by atoms with Gasteiger partial charge in [0.05, 0.1) is 0 Å². The maximum atomic E-state index is 9.37. The van der Waals surface area contributed by atoms with Crippen molar-refractivity contribution in [1.82, 2.24) is 0 Å². The standard InChI is InChI=1S/C3H6O2.C3H5.CH3.Ni/c1-2-3(4)5;1-3-2;;/h2H2,1H3,(H,4,5);3H,1-2H2;1H3;. The second kappa shape index (κ2) is 11.5. The number of carboxylic acid groups (broad SMARTS) is 1. The zero-order valence-electron chi connectivity index (χ0n) is 6.37. The Balaban J connectivity index is 0. The van der Waals surface area contributed by atoms with Gasteiger partial charge in [0.25, 0.3) is 0 Å². The van der Waals surface area contributed by atoms with Gasteiger partial charge in [-0.25, -0.2) is 0 Å². The Labute approximate surface area is 68.1 Å². The van der Waals surface area contributed by atoms with Gasteiger partial charge in [0.1, 0.15) is 0 Å². The Morgan fingerprint density at radius 1 is 1.80 bits per heavy atom. The minimum atomic E-state index is -0.745. The Hall–Kier alpha value is -0.296. The third-order valence-corrected chi connectivity index (χ3v) is 1.21. The van der Waals surface area contributed by atoms with Crippen LogP contribution < -0.4 is 0 Å². The van der Waals surface area contributed by atoms with E-state index in [-0.39, 0.29) is 6.42 Å². The van der Waals surface area contributed by atoms with E-state index in [1.807, 2.05) is 6.08 Å². The Bertz CT molecular complexity index is 91.6. The van der Waals surface area contributed by atoms with Crippen LogP contribution >= 0.6 is 0 Å². The van der Waals surface area contributed by atoms with Gasteiger partial charge in [-0.3, -0.25) is 4.79 Å². The molecule has 1 N–H and O–H groups in total. The van der Waals surface area contributed by atoms with Gasteiger partial charge in [0.2, 0.25) is 0 Å². The fraction of sp³-hybridized carbons (Fsp3) is 0.571. The van der Waals surface area contributed by atoms with Gasteiger partial charge in [-0.2, -0.15) is 0 Å². The molecule has 0 aliphatic heterocycles. The van der Waals surface area contributed by atoms with Gasteiger partial charge in [-0.15, -0.1) is 0 Å². The van der Waals surface area contributed by atoms with E-state index in [0.29, 0.717) is 0 Å². The summed E-state index contributed by atoms with van der Waals surface area (Å²) < 4.78 is 0. The van der Waals surface area contributed by atoms with Crippen molar-refractivity contribution in [3.05, 3.63) is 12.7 Å². The van der Waals surface area contributed by atoms with Gasteiger partial charge in [-0.05, 0) is 0 Å². The number of aliphatic carboxylic acids is 1. The molecule has 0 aromatic carbocycles. The molecule has 0 heterocycles. The van der Waals surface area contributed by atoms with E-state index in [0.717, 1.165) is 5.39 Å². The predicted octanol–water partition coefficient (Wildman–Crippen LogP) is 2.20. The van der Waals surface area contributed by atoms with Crippen LogP contribution in [0.15, 0.2) is 12.7 Å². The average molecular weight is 189 g/mol. The quantitative estimate of drug-likeness (QED) is 0.545. The molecular weight excluding hydrogens is 175 g/mol. The topological polar surface area (TPSA) is 37.3 Å². The minimum absolute atomic E-state index is 0.222. The van der Waals surface area contributed by atoms with Crippen molar-refractivity contribution in [1.29, 1.82) is 0 Å². The van der Waals surface area contributed by atoms with Crippen molar-refractivity contribution < 1.29 is 24.3 Å². The molecule has 0 radical (unpaired) electrons. The normalized spacial score (nSPS) is 7.80. The second-order valence-electron chi connectivity index (χ2n) is 1.39. The fourth-order valence-electron chi connectivity index (χ4n) is 0.0913. The van der Waals surface area contributed by atoms with Crippen LogP contribution in [0.4, 0.5) is 0 Å². The molecule has 0 fully saturated rings. The molecule has 0 saturated carbocycles. The van der Waals surface area contributed by atoms with Crippen molar-refractivity contribution in [2.75, 3.05) is 0 Å². The number of rotatable bonds is 3. The first-order valence-corrected chi connectivity index (χ1v) is 4.53. The maximum Gasteiger partial charge on any atom is 0.303 e. The van der Waals surface area contributed by atoms with Crippen LogP contribution in [-0.4, -0.2) is 11.1 Å². The molecule has 0 spiro atoms. The Kier molecular flexibility index (Phi) is 14.2. The third-order valence-electron chi connectivity index (χ3n) is 0.523. The van der Waals surface area contributed by atoms with Crippen molar-refractivity contribution in [3.8, 4) is 0 Å². The van der Waals surface area contributed by atoms with Gasteiger partial charge in [-0.1, -0.05) is 6.92 Å². The first-order chi connectivity index (χ1) is 4.68. The van der Waals surface area contributed by atoms with E-state index in [4.69, 9.17) is 5.11 Å². The van der Waals surface area contributed by atoms with Crippen LogP contribution in [0.3, 0.4) is 0 Å². The van der Waals surface area contributed by atoms with E-state index in [1.165, 1.54) is 0 Å². The Morgan fingerprint density at radius 3 is 2.20 bits per heavy atom. The van der Waals surface area contributed by atoms with E-state index in [2.05, 4.69) is 12.5 Å². The molecule has 0 saturated heterocycles. The summed E-state index contributed by atoms with van der Waals surface area (Å²) in [6.07, 6.45) is 2.12.